The number of carbonyl (C=O) groups excluding carboxylic acids is 1. The van der Waals surface area contributed by atoms with E-state index in [1.165, 1.54) is 7.11 Å². The lowest BCUT2D eigenvalue weighted by atomic mass is 10.1. The third kappa shape index (κ3) is 3.97. The van der Waals surface area contributed by atoms with Crippen LogP contribution in [0.25, 0.3) is 10.9 Å². The SMILES string of the molecule is COCC(=O)N(Cc1cccnc1)Cc1cc2cccc(C)c2[nH]c1=O. The number of H-pyrrole nitrogens is 1. The zero-order chi connectivity index (χ0) is 18.5. The fourth-order valence-corrected chi connectivity index (χ4v) is 2.91. The number of nitrogens with one attached hydrogen (secondary N) is 1. The second-order valence-electron chi connectivity index (χ2n) is 6.21. The van der Waals surface area contributed by atoms with E-state index < -0.39 is 0 Å². The number of hydrogen-bond donors (Lipinski definition) is 1. The van der Waals surface area contributed by atoms with Crippen molar-refractivity contribution in [3.8, 4) is 0 Å². The lowest BCUT2D eigenvalue weighted by Crippen LogP contribution is -2.34. The van der Waals surface area contributed by atoms with Gasteiger partial charge in [0, 0.05) is 31.6 Å². The number of hydrogen-bond acceptors (Lipinski definition) is 4. The van der Waals surface area contributed by atoms with Gasteiger partial charge in [0.1, 0.15) is 6.61 Å². The molecule has 26 heavy (non-hydrogen) atoms. The molecule has 0 aliphatic rings. The molecule has 0 unspecified atom stereocenters. The van der Waals surface area contributed by atoms with Crippen molar-refractivity contribution in [3.63, 3.8) is 0 Å². The van der Waals surface area contributed by atoms with Crippen LogP contribution in [-0.2, 0) is 22.6 Å². The highest BCUT2D eigenvalue weighted by Crippen LogP contribution is 2.16. The lowest BCUT2D eigenvalue weighted by molar-refractivity contribution is -0.136. The smallest absolute Gasteiger partial charge is 0.253 e. The van der Waals surface area contributed by atoms with Crippen molar-refractivity contribution in [2.24, 2.45) is 0 Å². The minimum absolute atomic E-state index is 0.0368. The van der Waals surface area contributed by atoms with Crippen molar-refractivity contribution >= 4 is 16.8 Å². The first-order valence-electron chi connectivity index (χ1n) is 8.35. The van der Waals surface area contributed by atoms with Crippen LogP contribution in [0.15, 0.2) is 53.6 Å². The molecule has 2 heterocycles. The van der Waals surface area contributed by atoms with Crippen molar-refractivity contribution in [1.29, 1.82) is 0 Å². The average Bonchev–Trinajstić information content (AvgIpc) is 2.63. The maximum atomic E-state index is 12.5. The summed E-state index contributed by atoms with van der Waals surface area (Å²) >= 11 is 0. The number of rotatable bonds is 6. The molecule has 3 aromatic rings. The molecule has 0 atom stereocenters. The number of fused-ring (bicyclic) bond motifs is 1. The van der Waals surface area contributed by atoms with Crippen LogP contribution in [-0.4, -0.2) is 34.5 Å². The maximum absolute atomic E-state index is 12.5. The van der Waals surface area contributed by atoms with Crippen LogP contribution < -0.4 is 5.56 Å². The zero-order valence-electron chi connectivity index (χ0n) is 14.9. The third-order valence-electron chi connectivity index (χ3n) is 4.24. The van der Waals surface area contributed by atoms with Gasteiger partial charge in [-0.1, -0.05) is 24.3 Å². The number of benzene rings is 1. The van der Waals surface area contributed by atoms with E-state index in [-0.39, 0.29) is 24.6 Å². The van der Waals surface area contributed by atoms with Gasteiger partial charge in [-0.2, -0.15) is 0 Å². The summed E-state index contributed by atoms with van der Waals surface area (Å²) < 4.78 is 4.98. The quantitative estimate of drug-likeness (QED) is 0.740. The molecule has 1 amide bonds. The Bertz CT molecular complexity index is 967. The number of carbonyl (C=O) groups is 1. The van der Waals surface area contributed by atoms with Crippen LogP contribution in [0.5, 0.6) is 0 Å². The van der Waals surface area contributed by atoms with E-state index in [1.54, 1.807) is 17.3 Å². The molecule has 1 aromatic carbocycles. The van der Waals surface area contributed by atoms with Crippen molar-refractivity contribution in [2.75, 3.05) is 13.7 Å². The summed E-state index contributed by atoms with van der Waals surface area (Å²) in [5.41, 5.74) is 3.08. The van der Waals surface area contributed by atoms with Crippen LogP contribution >= 0.6 is 0 Å². The third-order valence-corrected chi connectivity index (χ3v) is 4.24. The number of methoxy groups -OCH3 is 1. The first-order valence-corrected chi connectivity index (χ1v) is 8.35. The number of para-hydroxylation sites is 1. The van der Waals surface area contributed by atoms with E-state index in [0.717, 1.165) is 22.0 Å². The Balaban J connectivity index is 1.93. The molecule has 134 valence electrons. The molecule has 1 N–H and O–H groups in total. The van der Waals surface area contributed by atoms with E-state index in [0.29, 0.717) is 12.1 Å². The number of ether oxygens (including phenoxy) is 1. The van der Waals surface area contributed by atoms with Crippen molar-refractivity contribution in [2.45, 2.75) is 20.0 Å². The predicted octanol–water partition coefficient (Wildman–Crippen LogP) is 2.41. The summed E-state index contributed by atoms with van der Waals surface area (Å²) in [6.45, 7) is 2.48. The fourth-order valence-electron chi connectivity index (χ4n) is 2.91. The topological polar surface area (TPSA) is 75.3 Å². The van der Waals surface area contributed by atoms with Gasteiger partial charge < -0.3 is 14.6 Å². The lowest BCUT2D eigenvalue weighted by Gasteiger charge is -2.22. The molecule has 0 bridgehead atoms. The Morgan fingerprint density at radius 1 is 1.23 bits per heavy atom. The monoisotopic (exact) mass is 351 g/mol. The number of aromatic nitrogens is 2. The Hall–Kier alpha value is -2.99. The predicted molar refractivity (Wildman–Crippen MR) is 99.7 cm³/mol. The molecule has 0 fully saturated rings. The van der Waals surface area contributed by atoms with Gasteiger partial charge in [-0.3, -0.25) is 14.6 Å². The van der Waals surface area contributed by atoms with Crippen LogP contribution in [0.1, 0.15) is 16.7 Å². The largest absolute Gasteiger partial charge is 0.375 e. The summed E-state index contributed by atoms with van der Waals surface area (Å²) in [6.07, 6.45) is 3.39. The molecule has 0 aliphatic carbocycles. The summed E-state index contributed by atoms with van der Waals surface area (Å²) in [5.74, 6) is -0.180. The highest BCUT2D eigenvalue weighted by atomic mass is 16.5. The highest BCUT2D eigenvalue weighted by Gasteiger charge is 2.17. The summed E-state index contributed by atoms with van der Waals surface area (Å²) in [6, 6.07) is 11.4. The maximum Gasteiger partial charge on any atom is 0.253 e. The Morgan fingerprint density at radius 3 is 2.81 bits per heavy atom. The highest BCUT2D eigenvalue weighted by molar-refractivity contribution is 5.82. The second-order valence-corrected chi connectivity index (χ2v) is 6.21. The molecule has 0 spiro atoms. The second kappa shape index (κ2) is 7.93. The number of nitrogens with zero attached hydrogens (tertiary/aromatic N) is 2. The van der Waals surface area contributed by atoms with E-state index in [2.05, 4.69) is 9.97 Å². The number of aromatic amines is 1. The van der Waals surface area contributed by atoms with Crippen molar-refractivity contribution in [3.05, 3.63) is 75.8 Å². The average molecular weight is 351 g/mol. The van der Waals surface area contributed by atoms with Gasteiger partial charge in [0.2, 0.25) is 5.91 Å². The summed E-state index contributed by atoms with van der Waals surface area (Å²) in [5, 5.41) is 0.945. The minimum atomic E-state index is -0.187. The molecular weight excluding hydrogens is 330 g/mol. The van der Waals surface area contributed by atoms with Gasteiger partial charge in [-0.25, -0.2) is 0 Å². The molecule has 6 nitrogen and oxygen atoms in total. The molecule has 0 aliphatic heterocycles. The van der Waals surface area contributed by atoms with E-state index in [1.807, 2.05) is 43.3 Å². The molecule has 0 saturated heterocycles. The number of amides is 1. The standard InChI is InChI=1S/C20H21N3O3/c1-14-5-3-7-16-9-17(20(25)22-19(14)16)12-23(18(24)13-26-2)11-15-6-4-8-21-10-15/h3-10H,11-13H2,1-2H3,(H,22,25). The first kappa shape index (κ1) is 17.8. The summed E-state index contributed by atoms with van der Waals surface area (Å²) in [4.78, 5) is 33.6. The van der Waals surface area contributed by atoms with E-state index in [9.17, 15) is 9.59 Å². The van der Waals surface area contributed by atoms with Gasteiger partial charge in [0.25, 0.3) is 5.56 Å². The van der Waals surface area contributed by atoms with Crippen LogP contribution in [0, 0.1) is 6.92 Å². The van der Waals surface area contributed by atoms with Crippen LogP contribution in [0.4, 0.5) is 0 Å². The minimum Gasteiger partial charge on any atom is -0.375 e. The normalized spacial score (nSPS) is 10.8. The zero-order valence-corrected chi connectivity index (χ0v) is 14.9. The first-order chi connectivity index (χ1) is 12.6. The molecule has 6 heteroatoms. The fraction of sp³-hybridized carbons (Fsp3) is 0.250. The summed E-state index contributed by atoms with van der Waals surface area (Å²) in [7, 11) is 1.48. The van der Waals surface area contributed by atoms with Crippen molar-refractivity contribution < 1.29 is 9.53 Å². The Labute approximate surface area is 151 Å². The van der Waals surface area contributed by atoms with E-state index in [4.69, 9.17) is 4.74 Å². The van der Waals surface area contributed by atoms with Crippen LogP contribution in [0.3, 0.4) is 0 Å². The molecule has 3 rings (SSSR count). The Morgan fingerprint density at radius 2 is 2.08 bits per heavy atom. The van der Waals surface area contributed by atoms with Gasteiger partial charge in [-0.15, -0.1) is 0 Å². The molecular formula is C20H21N3O3. The van der Waals surface area contributed by atoms with Crippen LogP contribution in [0.2, 0.25) is 0 Å². The molecule has 2 aromatic heterocycles. The Kier molecular flexibility index (Phi) is 5.43. The van der Waals surface area contributed by atoms with Gasteiger partial charge in [-0.05, 0) is 35.6 Å². The molecule has 0 radical (unpaired) electrons. The van der Waals surface area contributed by atoms with Gasteiger partial charge >= 0.3 is 0 Å². The van der Waals surface area contributed by atoms with Gasteiger partial charge in [0.05, 0.1) is 12.1 Å². The molecule has 0 saturated carbocycles. The number of pyridine rings is 2. The van der Waals surface area contributed by atoms with E-state index >= 15 is 0 Å². The number of aryl methyl sites for hydroxylation is 1. The van der Waals surface area contributed by atoms with Gasteiger partial charge in [0.15, 0.2) is 0 Å². The van der Waals surface area contributed by atoms with Crippen molar-refractivity contribution in [1.82, 2.24) is 14.9 Å².